The molecule has 364 valence electrons. The molecule has 2 saturated heterocycles. The molecule has 14 heteroatoms. The summed E-state index contributed by atoms with van der Waals surface area (Å²) in [5.74, 6) is -0.563. The Bertz CT molecular complexity index is 2140. The van der Waals surface area contributed by atoms with E-state index in [0.29, 0.717) is 13.2 Å². The van der Waals surface area contributed by atoms with Crippen LogP contribution in [0.5, 0.6) is 0 Å². The standard InChI is InChI=1S/C54H62Br2O12/c1-38(57)66-52-51(64-35-43-26-15-6-16-27-43)49(62-33-41-22-11-4-12-23-41)45(36-59-31-39-18-7-2-8-19-39)67-54(52)65-37-46-48(61-32-40-20-9-3-10-21-40)47(58)50(63-34-42-24-13-5-14-25-42)53(68-46)60-29-17-28-44(56)30-55/h2-16,18-27,44-54,58H,17,28-37H2,1H3/t44?,45-,46-,47+,48-,49-,50+,51+,52+,53+,54+/m1/s1. The summed E-state index contributed by atoms with van der Waals surface area (Å²) in [5, 5.41) is 13.1. The number of ether oxygens (including phenoxy) is 10. The molecular formula is C54H62Br2O12. The van der Waals surface area contributed by atoms with Crippen molar-refractivity contribution >= 4 is 37.8 Å². The fourth-order valence-corrected chi connectivity index (χ4v) is 8.75. The highest BCUT2D eigenvalue weighted by Gasteiger charge is 2.52. The van der Waals surface area contributed by atoms with E-state index in [4.69, 9.17) is 47.4 Å². The lowest BCUT2D eigenvalue weighted by Crippen LogP contribution is -2.64. The van der Waals surface area contributed by atoms with E-state index in [1.54, 1.807) is 0 Å². The number of halogens is 2. The highest BCUT2D eigenvalue weighted by molar-refractivity contribution is 9.12. The molecule has 0 aromatic heterocycles. The Morgan fingerprint density at radius 1 is 0.529 bits per heavy atom. The van der Waals surface area contributed by atoms with Gasteiger partial charge in [-0.1, -0.05) is 184 Å². The van der Waals surface area contributed by atoms with Crippen molar-refractivity contribution in [2.75, 3.05) is 25.2 Å². The Morgan fingerprint density at radius 2 is 0.941 bits per heavy atom. The molecule has 5 aromatic rings. The van der Waals surface area contributed by atoms with Gasteiger partial charge in [0.1, 0.15) is 42.7 Å². The predicted molar refractivity (Wildman–Crippen MR) is 263 cm³/mol. The van der Waals surface area contributed by atoms with E-state index in [1.807, 2.05) is 152 Å². The lowest BCUT2D eigenvalue weighted by atomic mass is 9.97. The zero-order chi connectivity index (χ0) is 47.3. The number of rotatable bonds is 26. The number of aliphatic hydroxyl groups excluding tert-OH is 1. The number of hydrogen-bond donors (Lipinski definition) is 1. The molecule has 0 saturated carbocycles. The SMILES string of the molecule is CC(=O)O[C@@H]1[C@@H](OC[C@H]2O[C@H](OCCCC(Br)CBr)[C@@H](OCc3ccccc3)[C@@H](O)[C@@H]2OCc2ccccc2)O[C@H](COCc2ccccc2)[C@@H](OCc2ccccc2)[C@@H]1OCc1ccccc1. The topological polar surface area (TPSA) is 130 Å². The molecule has 2 fully saturated rings. The fourth-order valence-electron chi connectivity index (χ4n) is 8.11. The van der Waals surface area contributed by atoms with Crippen molar-refractivity contribution in [2.24, 2.45) is 0 Å². The van der Waals surface area contributed by atoms with Gasteiger partial charge in [0, 0.05) is 23.7 Å². The highest BCUT2D eigenvalue weighted by atomic mass is 79.9. The second-order valence-electron chi connectivity index (χ2n) is 16.8. The van der Waals surface area contributed by atoms with Crippen molar-refractivity contribution < 1.29 is 57.3 Å². The van der Waals surface area contributed by atoms with Crippen LogP contribution in [0.15, 0.2) is 152 Å². The van der Waals surface area contributed by atoms with Gasteiger partial charge in [0.05, 0.1) is 46.2 Å². The summed E-state index contributed by atoms with van der Waals surface area (Å²) in [6.07, 6.45) is -8.16. The van der Waals surface area contributed by atoms with Crippen molar-refractivity contribution in [3.63, 3.8) is 0 Å². The van der Waals surface area contributed by atoms with E-state index < -0.39 is 67.4 Å². The normalized spacial score (nSPS) is 25.4. The molecule has 2 heterocycles. The molecule has 68 heavy (non-hydrogen) atoms. The maximum Gasteiger partial charge on any atom is 0.303 e. The van der Waals surface area contributed by atoms with Crippen molar-refractivity contribution in [1.29, 1.82) is 0 Å². The third-order valence-electron chi connectivity index (χ3n) is 11.6. The van der Waals surface area contributed by atoms with Gasteiger partial charge in [0.25, 0.3) is 0 Å². The molecule has 0 amide bonds. The summed E-state index contributed by atoms with van der Waals surface area (Å²) in [6, 6.07) is 48.8. The first-order valence-electron chi connectivity index (χ1n) is 23.2. The molecule has 2 aliphatic heterocycles. The Labute approximate surface area is 416 Å². The lowest BCUT2D eigenvalue weighted by Gasteiger charge is -2.47. The second-order valence-corrected chi connectivity index (χ2v) is 18.7. The molecule has 0 radical (unpaired) electrons. The number of aliphatic hydroxyl groups is 1. The van der Waals surface area contributed by atoms with Gasteiger partial charge < -0.3 is 52.5 Å². The van der Waals surface area contributed by atoms with Crippen LogP contribution in [0.2, 0.25) is 0 Å². The molecule has 5 aromatic carbocycles. The molecule has 12 nitrogen and oxygen atoms in total. The smallest absolute Gasteiger partial charge is 0.303 e. The van der Waals surface area contributed by atoms with Gasteiger partial charge in [-0.2, -0.15) is 0 Å². The van der Waals surface area contributed by atoms with E-state index in [9.17, 15) is 9.90 Å². The third kappa shape index (κ3) is 16.1. The van der Waals surface area contributed by atoms with Gasteiger partial charge in [-0.05, 0) is 40.7 Å². The Morgan fingerprint density at radius 3 is 1.41 bits per heavy atom. The summed E-state index contributed by atoms with van der Waals surface area (Å²) in [4.78, 5) is 13.3. The van der Waals surface area contributed by atoms with Crippen LogP contribution in [0.1, 0.15) is 47.6 Å². The quantitative estimate of drug-likeness (QED) is 0.0322. The van der Waals surface area contributed by atoms with E-state index in [2.05, 4.69) is 31.9 Å². The van der Waals surface area contributed by atoms with E-state index in [-0.39, 0.29) is 44.5 Å². The Kier molecular flexibility index (Phi) is 21.5. The fraction of sp³-hybridized carbons (Fsp3) is 0.426. The minimum Gasteiger partial charge on any atom is -0.454 e. The molecule has 7 rings (SSSR count). The summed E-state index contributed by atoms with van der Waals surface area (Å²) in [6.45, 7) is 2.70. The number of carbonyl (C=O) groups is 1. The zero-order valence-corrected chi connectivity index (χ0v) is 41.4. The summed E-state index contributed by atoms with van der Waals surface area (Å²) in [5.41, 5.74) is 4.66. The molecule has 0 bridgehead atoms. The summed E-state index contributed by atoms with van der Waals surface area (Å²) < 4.78 is 65.6. The molecule has 0 aliphatic carbocycles. The van der Waals surface area contributed by atoms with Crippen molar-refractivity contribution in [3.8, 4) is 0 Å². The summed E-state index contributed by atoms with van der Waals surface area (Å²) in [7, 11) is 0. The minimum atomic E-state index is -1.21. The molecule has 1 unspecified atom stereocenters. The average molecular weight is 1060 g/mol. The Hall–Kier alpha value is -3.87. The van der Waals surface area contributed by atoms with Crippen LogP contribution >= 0.6 is 31.9 Å². The average Bonchev–Trinajstić information content (AvgIpc) is 3.37. The van der Waals surface area contributed by atoms with E-state index in [1.165, 1.54) is 6.92 Å². The lowest BCUT2D eigenvalue weighted by molar-refractivity contribution is -0.346. The second kappa shape index (κ2) is 28.1. The van der Waals surface area contributed by atoms with E-state index >= 15 is 0 Å². The number of hydrogen-bond acceptors (Lipinski definition) is 12. The Balaban J connectivity index is 1.17. The van der Waals surface area contributed by atoms with E-state index in [0.717, 1.165) is 46.0 Å². The van der Waals surface area contributed by atoms with Crippen LogP contribution in [0.4, 0.5) is 0 Å². The third-order valence-corrected chi connectivity index (χ3v) is 14.0. The number of carbonyl (C=O) groups excluding carboxylic acids is 1. The number of esters is 1. The maximum atomic E-state index is 13.1. The number of alkyl halides is 2. The van der Waals surface area contributed by atoms with Gasteiger partial charge in [0.2, 0.25) is 0 Å². The first-order valence-corrected chi connectivity index (χ1v) is 25.2. The van der Waals surface area contributed by atoms with Crippen LogP contribution in [-0.2, 0) is 85.2 Å². The van der Waals surface area contributed by atoms with Crippen molar-refractivity contribution in [1.82, 2.24) is 0 Å². The minimum absolute atomic E-state index is 0.0916. The van der Waals surface area contributed by atoms with Crippen LogP contribution in [0.3, 0.4) is 0 Å². The molecule has 11 atom stereocenters. The largest absolute Gasteiger partial charge is 0.454 e. The van der Waals surface area contributed by atoms with Gasteiger partial charge >= 0.3 is 5.97 Å². The summed E-state index contributed by atoms with van der Waals surface area (Å²) >= 11 is 7.22. The molecule has 1 N–H and O–H groups in total. The van der Waals surface area contributed by atoms with Crippen molar-refractivity contribution in [3.05, 3.63) is 179 Å². The van der Waals surface area contributed by atoms with Gasteiger partial charge in [-0.15, -0.1) is 0 Å². The van der Waals surface area contributed by atoms with Crippen LogP contribution in [0.25, 0.3) is 0 Å². The highest BCUT2D eigenvalue weighted by Crippen LogP contribution is 2.34. The van der Waals surface area contributed by atoms with Crippen LogP contribution in [-0.4, -0.2) is 102 Å². The molecule has 2 aliphatic rings. The first kappa shape index (κ1) is 52.0. The predicted octanol–water partition coefficient (Wildman–Crippen LogP) is 9.26. The van der Waals surface area contributed by atoms with Gasteiger partial charge in [0.15, 0.2) is 18.7 Å². The van der Waals surface area contributed by atoms with Gasteiger partial charge in [-0.3, -0.25) is 4.79 Å². The zero-order valence-electron chi connectivity index (χ0n) is 38.3. The van der Waals surface area contributed by atoms with Crippen molar-refractivity contribution in [2.45, 2.75) is 119 Å². The molecular weight excluding hydrogens is 1000 g/mol. The molecule has 0 spiro atoms. The van der Waals surface area contributed by atoms with Crippen LogP contribution in [0, 0.1) is 0 Å². The number of benzene rings is 5. The first-order chi connectivity index (χ1) is 33.3. The van der Waals surface area contributed by atoms with Crippen LogP contribution < -0.4 is 0 Å². The maximum absolute atomic E-state index is 13.1. The van der Waals surface area contributed by atoms with Gasteiger partial charge in [-0.25, -0.2) is 0 Å². The monoisotopic (exact) mass is 1060 g/mol.